The molecule has 7 nitrogen and oxygen atoms in total. The van der Waals surface area contributed by atoms with Gasteiger partial charge >= 0.3 is 11.9 Å². The third-order valence-electron chi connectivity index (χ3n) is 2.80. The number of carbonyl (C=O) groups excluding carboxylic acids is 3. The van der Waals surface area contributed by atoms with Crippen LogP contribution in [0.25, 0.3) is 0 Å². The molecule has 0 rings (SSSR count). The summed E-state index contributed by atoms with van der Waals surface area (Å²) in [5.41, 5.74) is 8.47. The first-order valence-corrected chi connectivity index (χ1v) is 7.67. The lowest BCUT2D eigenvalue weighted by Crippen LogP contribution is -2.52. The van der Waals surface area contributed by atoms with Crippen LogP contribution in [0.15, 0.2) is 0 Å². The highest BCUT2D eigenvalue weighted by Crippen LogP contribution is 2.18. The Morgan fingerprint density at radius 3 is 1.91 bits per heavy atom. The molecule has 0 aliphatic carbocycles. The van der Waals surface area contributed by atoms with Crippen molar-refractivity contribution in [3.8, 4) is 0 Å². The van der Waals surface area contributed by atoms with E-state index < -0.39 is 34.7 Å². The molecule has 0 heterocycles. The smallest absolute Gasteiger partial charge is 0.334 e. The molecule has 0 saturated heterocycles. The van der Waals surface area contributed by atoms with Crippen molar-refractivity contribution in [2.45, 2.75) is 83.6 Å². The second-order valence-electron chi connectivity index (χ2n) is 7.69. The van der Waals surface area contributed by atoms with Crippen molar-refractivity contribution in [2.24, 2.45) is 11.5 Å². The van der Waals surface area contributed by atoms with Crippen LogP contribution in [0.3, 0.4) is 0 Å². The lowest BCUT2D eigenvalue weighted by atomic mass is 9.94. The fourth-order valence-electron chi connectivity index (χ4n) is 1.69. The number of rotatable bonds is 7. The van der Waals surface area contributed by atoms with Crippen LogP contribution in [0.2, 0.25) is 0 Å². The van der Waals surface area contributed by atoms with Crippen molar-refractivity contribution in [3.63, 3.8) is 0 Å². The van der Waals surface area contributed by atoms with Gasteiger partial charge in [0.1, 0.15) is 17.2 Å². The molecule has 0 bridgehead atoms. The maximum Gasteiger partial charge on any atom is 0.334 e. The summed E-state index contributed by atoms with van der Waals surface area (Å²) in [6.45, 7) is 10.3. The van der Waals surface area contributed by atoms with Gasteiger partial charge in [-0.2, -0.15) is 0 Å². The lowest BCUT2D eigenvalue weighted by molar-refractivity contribution is -0.162. The molecule has 0 aromatic heterocycles. The predicted molar refractivity (Wildman–Crippen MR) is 86.5 cm³/mol. The van der Waals surface area contributed by atoms with Gasteiger partial charge in [0, 0.05) is 0 Å². The van der Waals surface area contributed by atoms with Gasteiger partial charge in [0.2, 0.25) is 0 Å². The third kappa shape index (κ3) is 8.66. The Kier molecular flexibility index (Phi) is 7.37. The molecule has 4 N–H and O–H groups in total. The molecular formula is C16H30N2O5. The molecule has 0 aliphatic heterocycles. The van der Waals surface area contributed by atoms with Crippen LogP contribution < -0.4 is 11.5 Å². The van der Waals surface area contributed by atoms with Crippen LogP contribution in [0, 0.1) is 0 Å². The second-order valence-corrected chi connectivity index (χ2v) is 7.69. The van der Waals surface area contributed by atoms with Gasteiger partial charge in [0.25, 0.3) is 0 Å². The molecule has 0 aliphatic rings. The summed E-state index contributed by atoms with van der Waals surface area (Å²) < 4.78 is 10.3. The van der Waals surface area contributed by atoms with E-state index in [1.54, 1.807) is 41.5 Å². The number of hydrogen-bond acceptors (Lipinski definition) is 7. The Hall–Kier alpha value is -1.47. The topological polar surface area (TPSA) is 122 Å². The van der Waals surface area contributed by atoms with E-state index in [1.807, 2.05) is 0 Å². The van der Waals surface area contributed by atoms with Crippen LogP contribution in [-0.4, -0.2) is 41.0 Å². The maximum absolute atomic E-state index is 12.0. The zero-order chi connectivity index (χ0) is 18.5. The second kappa shape index (κ2) is 7.88. The molecule has 0 spiro atoms. The minimum absolute atomic E-state index is 0.0436. The normalized spacial score (nSPS) is 16.2. The first-order valence-electron chi connectivity index (χ1n) is 7.67. The molecule has 2 atom stereocenters. The Labute approximate surface area is 138 Å². The van der Waals surface area contributed by atoms with Gasteiger partial charge in [0.05, 0.1) is 0 Å². The molecule has 0 saturated carbocycles. The Morgan fingerprint density at radius 1 is 1.04 bits per heavy atom. The van der Waals surface area contributed by atoms with E-state index in [0.717, 1.165) is 0 Å². The zero-order valence-corrected chi connectivity index (χ0v) is 15.0. The Morgan fingerprint density at radius 2 is 1.52 bits per heavy atom. The van der Waals surface area contributed by atoms with Crippen LogP contribution in [0.5, 0.6) is 0 Å². The summed E-state index contributed by atoms with van der Waals surface area (Å²) in [6, 6.07) is -0.830. The van der Waals surface area contributed by atoms with Crippen LogP contribution >= 0.6 is 0 Å². The van der Waals surface area contributed by atoms with Gasteiger partial charge in [0.15, 0.2) is 11.8 Å². The quantitative estimate of drug-likeness (QED) is 0.406. The summed E-state index contributed by atoms with van der Waals surface area (Å²) in [7, 11) is 0. The minimum atomic E-state index is -1.74. The first kappa shape index (κ1) is 21.5. The van der Waals surface area contributed by atoms with E-state index in [4.69, 9.17) is 20.9 Å². The van der Waals surface area contributed by atoms with E-state index in [2.05, 4.69) is 0 Å². The number of aldehydes is 1. The highest BCUT2D eigenvalue weighted by atomic mass is 16.6. The lowest BCUT2D eigenvalue weighted by Gasteiger charge is -2.27. The number of carbonyl (C=O) groups is 3. The summed E-state index contributed by atoms with van der Waals surface area (Å²) in [6.07, 6.45) is 0.987. The Bertz CT molecular complexity index is 437. The molecule has 7 heteroatoms. The average Bonchev–Trinajstić information content (AvgIpc) is 2.34. The number of hydrogen-bond donors (Lipinski definition) is 2. The van der Waals surface area contributed by atoms with Gasteiger partial charge in [-0.15, -0.1) is 0 Å². The van der Waals surface area contributed by atoms with Crippen molar-refractivity contribution in [3.05, 3.63) is 0 Å². The van der Waals surface area contributed by atoms with Crippen molar-refractivity contribution < 1.29 is 23.9 Å². The van der Waals surface area contributed by atoms with E-state index >= 15 is 0 Å². The highest BCUT2D eigenvalue weighted by Gasteiger charge is 2.37. The average molecular weight is 330 g/mol. The van der Waals surface area contributed by atoms with Crippen LogP contribution in [-0.2, 0) is 23.9 Å². The van der Waals surface area contributed by atoms with E-state index in [-0.39, 0.29) is 12.8 Å². The predicted octanol–water partition coefficient (Wildman–Crippen LogP) is 1.06. The molecule has 0 amide bonds. The zero-order valence-electron chi connectivity index (χ0n) is 15.0. The third-order valence-corrected chi connectivity index (χ3v) is 2.80. The van der Waals surface area contributed by atoms with Crippen molar-refractivity contribution in [1.29, 1.82) is 0 Å². The number of esters is 2. The minimum Gasteiger partial charge on any atom is -0.459 e. The van der Waals surface area contributed by atoms with Gasteiger partial charge in [-0.3, -0.25) is 4.79 Å². The van der Waals surface area contributed by atoms with Gasteiger partial charge in [-0.25, -0.2) is 4.79 Å². The summed E-state index contributed by atoms with van der Waals surface area (Å²) in [5.74, 6) is -1.31. The van der Waals surface area contributed by atoms with Gasteiger partial charge in [-0.1, -0.05) is 0 Å². The molecule has 0 aromatic carbocycles. The molecule has 0 radical (unpaired) electrons. The fraction of sp³-hybridized carbons (Fsp3) is 0.812. The van der Waals surface area contributed by atoms with Crippen LogP contribution in [0.1, 0.15) is 60.8 Å². The summed E-state index contributed by atoms with van der Waals surface area (Å²) >= 11 is 0. The SMILES string of the molecule is CC(C)(C)OC(=O)C(N)CCC[C@](N)(C=O)C(=O)OC(C)(C)C. The largest absolute Gasteiger partial charge is 0.459 e. The molecule has 0 aromatic rings. The maximum atomic E-state index is 12.0. The summed E-state index contributed by atoms with van der Waals surface area (Å²) in [5, 5.41) is 0. The van der Waals surface area contributed by atoms with Gasteiger partial charge in [-0.05, 0) is 60.8 Å². The highest BCUT2D eigenvalue weighted by molar-refractivity contribution is 5.98. The van der Waals surface area contributed by atoms with Crippen molar-refractivity contribution >= 4 is 18.2 Å². The van der Waals surface area contributed by atoms with Gasteiger partial charge < -0.3 is 25.7 Å². The molecule has 0 fully saturated rings. The molecular weight excluding hydrogens is 300 g/mol. The fourth-order valence-corrected chi connectivity index (χ4v) is 1.69. The first-order chi connectivity index (χ1) is 10.2. The van der Waals surface area contributed by atoms with Crippen molar-refractivity contribution in [2.75, 3.05) is 0 Å². The van der Waals surface area contributed by atoms with E-state index in [9.17, 15) is 14.4 Å². The van der Waals surface area contributed by atoms with E-state index in [0.29, 0.717) is 12.7 Å². The number of ether oxygens (including phenoxy) is 2. The van der Waals surface area contributed by atoms with Crippen LogP contribution in [0.4, 0.5) is 0 Å². The standard InChI is InChI=1S/C16H30N2O5/c1-14(2,3)22-12(20)11(17)8-7-9-16(18,10-19)13(21)23-15(4,5)6/h10-11H,7-9,17-18H2,1-6H3/t11?,16-/m0/s1. The molecule has 134 valence electrons. The Balaban J connectivity index is 4.54. The molecule has 23 heavy (non-hydrogen) atoms. The number of nitrogens with two attached hydrogens (primary N) is 2. The van der Waals surface area contributed by atoms with E-state index in [1.165, 1.54) is 0 Å². The monoisotopic (exact) mass is 330 g/mol. The summed E-state index contributed by atoms with van der Waals surface area (Å²) in [4.78, 5) is 35.0. The molecule has 1 unspecified atom stereocenters. The van der Waals surface area contributed by atoms with Crippen molar-refractivity contribution in [1.82, 2.24) is 0 Å².